The number of carbonyl (C=O) groups excluding carboxylic acids is 1. The number of rotatable bonds is 4. The van der Waals surface area contributed by atoms with Crippen LogP contribution in [0.2, 0.25) is 0 Å². The Kier molecular flexibility index (Phi) is 4.26. The lowest BCUT2D eigenvalue weighted by atomic mass is 10.2. The molecular weight excluding hydrogens is 296 g/mol. The summed E-state index contributed by atoms with van der Waals surface area (Å²) in [6, 6.07) is 9.40. The van der Waals surface area contributed by atoms with E-state index in [1.165, 1.54) is 6.20 Å². The number of piperazine rings is 1. The number of nitrogens with zero attached hydrogens (tertiary/aromatic N) is 5. The highest BCUT2D eigenvalue weighted by Gasteiger charge is 2.18. The Morgan fingerprint density at radius 1 is 1.39 bits per heavy atom. The van der Waals surface area contributed by atoms with Gasteiger partial charge in [-0.2, -0.15) is 10.5 Å². The molecule has 9 heteroatoms. The van der Waals surface area contributed by atoms with Crippen LogP contribution >= 0.6 is 0 Å². The molecule has 1 aromatic carbocycles. The molecule has 0 atom stereocenters. The summed E-state index contributed by atoms with van der Waals surface area (Å²) in [6.07, 6.45) is 1.51. The third-order valence-electron chi connectivity index (χ3n) is 3.36. The predicted molar refractivity (Wildman–Crippen MR) is 83.1 cm³/mol. The molecule has 1 aliphatic rings. The van der Waals surface area contributed by atoms with Crippen molar-refractivity contribution in [1.82, 2.24) is 25.9 Å². The number of hydrogen-bond donors (Lipinski definition) is 3. The Balaban J connectivity index is 1.70. The first-order chi connectivity index (χ1) is 11.3. The number of nitrogens with one attached hydrogen (secondary N) is 3. The molecule has 2 heterocycles. The predicted octanol–water partition coefficient (Wildman–Crippen LogP) is 0.112. The molecular formula is C14H14N8O. The minimum atomic E-state index is 0.0562. The molecule has 0 radical (unpaired) electrons. The molecule has 0 spiro atoms. The third-order valence-corrected chi connectivity index (χ3v) is 3.36. The average Bonchev–Trinajstić information content (AvgIpc) is 3.11. The van der Waals surface area contributed by atoms with Crippen LogP contribution in [0.15, 0.2) is 30.5 Å². The van der Waals surface area contributed by atoms with Crippen LogP contribution in [0.25, 0.3) is 5.57 Å². The van der Waals surface area contributed by atoms with Gasteiger partial charge in [-0.25, -0.2) is 0 Å². The summed E-state index contributed by atoms with van der Waals surface area (Å²) in [5, 5.41) is 28.4. The molecule has 0 bridgehead atoms. The van der Waals surface area contributed by atoms with Crippen LogP contribution in [0.3, 0.4) is 0 Å². The van der Waals surface area contributed by atoms with Crippen molar-refractivity contribution in [3.63, 3.8) is 0 Å². The standard InChI is InChI=1S/C14H14N8O/c15-7-10(14-18-20-21-19-14)8-17-11-1-3-12(4-2-11)22-6-5-16-9-13(22)23/h1-4,8,16-17H,5-6,9H2,(H,18,19,20,21). The number of carbonyl (C=O) groups is 1. The van der Waals surface area contributed by atoms with Crippen LogP contribution in [0.1, 0.15) is 5.82 Å². The topological polar surface area (TPSA) is 123 Å². The fourth-order valence-corrected chi connectivity index (χ4v) is 2.20. The van der Waals surface area contributed by atoms with Crippen LogP contribution in [0.5, 0.6) is 0 Å². The molecule has 0 saturated carbocycles. The summed E-state index contributed by atoms with van der Waals surface area (Å²) >= 11 is 0. The van der Waals surface area contributed by atoms with E-state index in [0.29, 0.717) is 13.1 Å². The normalized spacial score (nSPS) is 15.3. The van der Waals surface area contributed by atoms with Crippen LogP contribution in [0.4, 0.5) is 11.4 Å². The molecule has 3 N–H and O–H groups in total. The highest BCUT2D eigenvalue weighted by molar-refractivity contribution is 5.95. The van der Waals surface area contributed by atoms with E-state index < -0.39 is 0 Å². The first kappa shape index (κ1) is 14.7. The minimum Gasteiger partial charge on any atom is -0.360 e. The van der Waals surface area contributed by atoms with E-state index in [1.54, 1.807) is 4.90 Å². The van der Waals surface area contributed by atoms with Gasteiger partial charge < -0.3 is 15.5 Å². The zero-order valence-electron chi connectivity index (χ0n) is 12.2. The van der Waals surface area contributed by atoms with E-state index in [-0.39, 0.29) is 17.3 Å². The summed E-state index contributed by atoms with van der Waals surface area (Å²) in [5.74, 6) is 0.281. The van der Waals surface area contributed by atoms with Gasteiger partial charge in [-0.1, -0.05) is 0 Å². The lowest BCUT2D eigenvalue weighted by molar-refractivity contribution is -0.118. The lowest BCUT2D eigenvalue weighted by Gasteiger charge is -2.27. The van der Waals surface area contributed by atoms with Crippen molar-refractivity contribution in [3.05, 3.63) is 36.3 Å². The van der Waals surface area contributed by atoms with Gasteiger partial charge >= 0.3 is 0 Å². The molecule has 1 saturated heterocycles. The van der Waals surface area contributed by atoms with E-state index in [2.05, 4.69) is 31.3 Å². The Morgan fingerprint density at radius 3 is 2.87 bits per heavy atom. The number of H-pyrrole nitrogens is 1. The zero-order valence-corrected chi connectivity index (χ0v) is 12.2. The van der Waals surface area contributed by atoms with E-state index in [1.807, 2.05) is 30.3 Å². The SMILES string of the molecule is N#CC(=CNc1ccc(N2CCNCC2=O)cc1)c1nn[nH]n1. The van der Waals surface area contributed by atoms with Crippen LogP contribution in [-0.4, -0.2) is 46.2 Å². The monoisotopic (exact) mass is 310 g/mol. The fraction of sp³-hybridized carbons (Fsp3) is 0.214. The Labute approximate surface area is 132 Å². The van der Waals surface area contributed by atoms with Gasteiger partial charge in [0.2, 0.25) is 11.7 Å². The van der Waals surface area contributed by atoms with Gasteiger partial charge in [0, 0.05) is 30.7 Å². The van der Waals surface area contributed by atoms with Gasteiger partial charge in [0.15, 0.2) is 0 Å². The van der Waals surface area contributed by atoms with Crippen molar-refractivity contribution in [1.29, 1.82) is 5.26 Å². The smallest absolute Gasteiger partial charge is 0.240 e. The Morgan fingerprint density at radius 2 is 2.22 bits per heavy atom. The van der Waals surface area contributed by atoms with Gasteiger partial charge in [0.05, 0.1) is 6.54 Å². The maximum Gasteiger partial charge on any atom is 0.240 e. The molecule has 1 aliphatic heterocycles. The number of anilines is 2. The van der Waals surface area contributed by atoms with E-state index in [4.69, 9.17) is 5.26 Å². The Hall–Kier alpha value is -3.25. The van der Waals surface area contributed by atoms with Gasteiger partial charge in [-0.3, -0.25) is 4.79 Å². The lowest BCUT2D eigenvalue weighted by Crippen LogP contribution is -2.48. The van der Waals surface area contributed by atoms with Crippen molar-refractivity contribution >= 4 is 22.9 Å². The maximum atomic E-state index is 11.8. The van der Waals surface area contributed by atoms with Gasteiger partial charge in [-0.05, 0) is 29.5 Å². The van der Waals surface area contributed by atoms with Gasteiger partial charge in [0.1, 0.15) is 11.6 Å². The minimum absolute atomic E-state index is 0.0562. The molecule has 0 unspecified atom stereocenters. The highest BCUT2D eigenvalue weighted by Crippen LogP contribution is 2.19. The van der Waals surface area contributed by atoms with Crippen molar-refractivity contribution in [2.75, 3.05) is 29.9 Å². The number of aromatic amines is 1. The molecule has 1 aromatic heterocycles. The number of hydrogen-bond acceptors (Lipinski definition) is 7. The van der Waals surface area contributed by atoms with E-state index in [0.717, 1.165) is 17.9 Å². The largest absolute Gasteiger partial charge is 0.360 e. The van der Waals surface area contributed by atoms with Crippen LogP contribution in [0, 0.1) is 11.3 Å². The van der Waals surface area contributed by atoms with E-state index >= 15 is 0 Å². The molecule has 9 nitrogen and oxygen atoms in total. The average molecular weight is 310 g/mol. The Bertz CT molecular complexity index is 744. The molecule has 0 aliphatic carbocycles. The van der Waals surface area contributed by atoms with Crippen molar-refractivity contribution in [2.45, 2.75) is 0 Å². The number of aromatic nitrogens is 4. The quantitative estimate of drug-likeness (QED) is 0.685. The second-order valence-electron chi connectivity index (χ2n) is 4.82. The summed E-state index contributed by atoms with van der Waals surface area (Å²) in [7, 11) is 0. The van der Waals surface area contributed by atoms with Crippen molar-refractivity contribution in [3.8, 4) is 6.07 Å². The summed E-state index contributed by atoms with van der Waals surface area (Å²) < 4.78 is 0. The molecule has 3 rings (SSSR count). The number of benzene rings is 1. The fourth-order valence-electron chi connectivity index (χ4n) is 2.20. The molecule has 2 aromatic rings. The van der Waals surface area contributed by atoms with Crippen molar-refractivity contribution in [2.24, 2.45) is 0 Å². The number of amides is 1. The number of tetrazole rings is 1. The highest BCUT2D eigenvalue weighted by atomic mass is 16.2. The molecule has 23 heavy (non-hydrogen) atoms. The van der Waals surface area contributed by atoms with Gasteiger partial charge in [0.25, 0.3) is 0 Å². The third kappa shape index (κ3) is 3.33. The number of allylic oxidation sites excluding steroid dienone is 1. The van der Waals surface area contributed by atoms with Crippen LogP contribution < -0.4 is 15.5 Å². The van der Waals surface area contributed by atoms with Crippen molar-refractivity contribution < 1.29 is 4.79 Å². The first-order valence-electron chi connectivity index (χ1n) is 6.99. The summed E-state index contributed by atoms with van der Waals surface area (Å²) in [4.78, 5) is 13.6. The van der Waals surface area contributed by atoms with E-state index in [9.17, 15) is 4.79 Å². The maximum absolute atomic E-state index is 11.8. The van der Waals surface area contributed by atoms with Gasteiger partial charge in [-0.15, -0.1) is 10.2 Å². The molecule has 1 fully saturated rings. The molecule has 116 valence electrons. The number of nitriles is 1. The summed E-state index contributed by atoms with van der Waals surface area (Å²) in [5.41, 5.74) is 1.90. The zero-order chi connectivity index (χ0) is 16.1. The second-order valence-corrected chi connectivity index (χ2v) is 4.82. The molecule has 1 amide bonds. The van der Waals surface area contributed by atoms with Crippen LogP contribution in [-0.2, 0) is 4.79 Å². The summed E-state index contributed by atoms with van der Waals surface area (Å²) in [6.45, 7) is 1.80. The second kappa shape index (κ2) is 6.67. The first-order valence-corrected chi connectivity index (χ1v) is 6.99.